The zero-order valence-corrected chi connectivity index (χ0v) is 14.8. The number of rotatable bonds is 6. The number of carbonyl (C=O) groups excluding carboxylic acids is 3. The van der Waals surface area contributed by atoms with E-state index < -0.39 is 35.3 Å². The van der Waals surface area contributed by atoms with Gasteiger partial charge < -0.3 is 19.9 Å². The van der Waals surface area contributed by atoms with Gasteiger partial charge in [-0.15, -0.1) is 0 Å². The van der Waals surface area contributed by atoms with Crippen molar-refractivity contribution in [1.82, 2.24) is 4.90 Å². The Morgan fingerprint density at radius 3 is 2.32 bits per heavy atom. The molecule has 1 aliphatic heterocycles. The van der Waals surface area contributed by atoms with E-state index in [2.05, 4.69) is 0 Å². The Balaban J connectivity index is 2.07. The van der Waals surface area contributed by atoms with E-state index >= 15 is 0 Å². The molecular weight excluding hydrogens is 365 g/mol. The van der Waals surface area contributed by atoms with Crippen molar-refractivity contribution in [2.24, 2.45) is 0 Å². The fraction of sp³-hybridized carbons (Fsp3) is 0.190. The fourth-order valence-corrected chi connectivity index (χ4v) is 3.25. The summed E-state index contributed by atoms with van der Waals surface area (Å²) in [6, 6.07) is 12.7. The first kappa shape index (κ1) is 19.3. The lowest BCUT2D eigenvalue weighted by Gasteiger charge is -2.25. The van der Waals surface area contributed by atoms with Gasteiger partial charge in [-0.25, -0.2) is 4.39 Å². The highest BCUT2D eigenvalue weighted by molar-refractivity contribution is 6.46. The van der Waals surface area contributed by atoms with Gasteiger partial charge in [0.1, 0.15) is 11.6 Å². The first-order chi connectivity index (χ1) is 13.4. The van der Waals surface area contributed by atoms with Crippen LogP contribution in [0.2, 0.25) is 0 Å². The predicted molar refractivity (Wildman–Crippen MR) is 96.1 cm³/mol. The molecule has 0 spiro atoms. The van der Waals surface area contributed by atoms with Gasteiger partial charge in [0.25, 0.3) is 11.7 Å². The van der Waals surface area contributed by atoms with Gasteiger partial charge in [-0.05, 0) is 42.7 Å². The van der Waals surface area contributed by atoms with Crippen LogP contribution >= 0.6 is 0 Å². The Morgan fingerprint density at radius 2 is 1.71 bits per heavy atom. The number of carbonyl (C=O) groups is 3. The molecule has 28 heavy (non-hydrogen) atoms. The Hall–Kier alpha value is -3.48. The van der Waals surface area contributed by atoms with Crippen LogP contribution in [0.3, 0.4) is 0 Å². The van der Waals surface area contributed by atoms with E-state index in [9.17, 15) is 29.0 Å². The molecule has 3 rings (SSSR count). The van der Waals surface area contributed by atoms with Gasteiger partial charge in [-0.3, -0.25) is 9.59 Å². The monoisotopic (exact) mass is 382 g/mol. The average Bonchev–Trinajstić information content (AvgIpc) is 2.93. The quantitative estimate of drug-likeness (QED) is 0.467. The number of hydrogen-bond donors (Lipinski definition) is 1. The highest BCUT2D eigenvalue weighted by Crippen LogP contribution is 2.39. The second kappa shape index (κ2) is 8.04. The summed E-state index contributed by atoms with van der Waals surface area (Å²) >= 11 is 0. The molecule has 0 aliphatic carbocycles. The van der Waals surface area contributed by atoms with Crippen LogP contribution in [0.1, 0.15) is 30.0 Å². The van der Waals surface area contributed by atoms with Crippen molar-refractivity contribution >= 4 is 23.4 Å². The Bertz CT molecular complexity index is 937. The van der Waals surface area contributed by atoms with Crippen LogP contribution in [-0.4, -0.2) is 34.2 Å². The van der Waals surface area contributed by atoms with Crippen molar-refractivity contribution in [1.29, 1.82) is 0 Å². The van der Waals surface area contributed by atoms with Gasteiger partial charge in [0, 0.05) is 18.1 Å². The van der Waals surface area contributed by atoms with E-state index in [1.54, 1.807) is 30.3 Å². The molecule has 0 unspecified atom stereocenters. The first-order valence-corrected chi connectivity index (χ1v) is 8.69. The molecule has 6 nitrogen and oxygen atoms in total. The molecule has 144 valence electrons. The molecule has 1 saturated heterocycles. The summed E-state index contributed by atoms with van der Waals surface area (Å²) in [5.41, 5.74) is 0.685. The summed E-state index contributed by atoms with van der Waals surface area (Å²) in [5, 5.41) is 21.4. The molecule has 1 fully saturated rings. The third-order valence-electron chi connectivity index (χ3n) is 4.55. The van der Waals surface area contributed by atoms with Crippen LogP contribution in [0.25, 0.3) is 5.76 Å². The van der Waals surface area contributed by atoms with E-state index in [1.165, 1.54) is 17.0 Å². The number of Topliss-reactive ketones (excluding diaryl/α,β-unsaturated/α-hetero) is 1. The molecule has 0 saturated carbocycles. The lowest BCUT2D eigenvalue weighted by atomic mass is 9.95. The van der Waals surface area contributed by atoms with Gasteiger partial charge in [0.2, 0.25) is 0 Å². The third kappa shape index (κ3) is 3.78. The zero-order valence-electron chi connectivity index (χ0n) is 14.8. The highest BCUT2D eigenvalue weighted by atomic mass is 19.1. The number of aliphatic hydroxyl groups is 1. The van der Waals surface area contributed by atoms with Crippen molar-refractivity contribution in [3.8, 4) is 0 Å². The minimum atomic E-state index is -1.25. The van der Waals surface area contributed by atoms with Crippen molar-refractivity contribution < 1.29 is 29.0 Å². The maximum absolute atomic E-state index is 13.2. The largest absolute Gasteiger partial charge is 0.550 e. The molecule has 1 N–H and O–H groups in total. The van der Waals surface area contributed by atoms with Crippen LogP contribution in [0.15, 0.2) is 60.2 Å². The number of aliphatic carboxylic acids is 1. The van der Waals surface area contributed by atoms with E-state index in [1.807, 2.05) is 0 Å². The molecular formula is C21H17FNO5-. The zero-order chi connectivity index (χ0) is 20.3. The SMILES string of the molecule is O=C([O-])CCCN1C(=O)C(=O)C(=C(O)c2ccc(F)cc2)[C@H]1c1ccccc1. The number of carboxylic acid groups (broad SMARTS) is 1. The number of amides is 1. The minimum Gasteiger partial charge on any atom is -0.550 e. The average molecular weight is 382 g/mol. The van der Waals surface area contributed by atoms with Crippen molar-refractivity contribution in [3.05, 3.63) is 77.1 Å². The van der Waals surface area contributed by atoms with Gasteiger partial charge >= 0.3 is 0 Å². The maximum Gasteiger partial charge on any atom is 0.295 e. The molecule has 7 heteroatoms. The van der Waals surface area contributed by atoms with Crippen LogP contribution in [0.5, 0.6) is 0 Å². The number of ketones is 1. The molecule has 1 amide bonds. The van der Waals surface area contributed by atoms with E-state index in [0.717, 1.165) is 12.1 Å². The standard InChI is InChI=1S/C21H18FNO5/c22-15-10-8-14(9-11-15)19(26)17-18(13-5-2-1-3-6-13)23(21(28)20(17)27)12-4-7-16(24)25/h1-3,5-6,8-11,18,26H,4,7,12H2,(H,24,25)/p-1/t18-/m1/s1. The predicted octanol–water partition coefficient (Wildman–Crippen LogP) is 1.78. The molecule has 1 aliphatic rings. The van der Waals surface area contributed by atoms with Gasteiger partial charge in [-0.2, -0.15) is 0 Å². The van der Waals surface area contributed by atoms with Gasteiger partial charge in [0.05, 0.1) is 11.6 Å². The summed E-state index contributed by atoms with van der Waals surface area (Å²) < 4.78 is 13.2. The summed E-state index contributed by atoms with van der Waals surface area (Å²) in [5.74, 6) is -3.85. The molecule has 1 atom stereocenters. The normalized spacial score (nSPS) is 18.5. The van der Waals surface area contributed by atoms with Crippen LogP contribution < -0.4 is 5.11 Å². The van der Waals surface area contributed by atoms with Crippen LogP contribution in [0.4, 0.5) is 4.39 Å². The number of carboxylic acids is 1. The third-order valence-corrected chi connectivity index (χ3v) is 4.55. The second-order valence-electron chi connectivity index (χ2n) is 6.39. The van der Waals surface area contributed by atoms with Gasteiger partial charge in [0.15, 0.2) is 0 Å². The number of benzene rings is 2. The van der Waals surface area contributed by atoms with Crippen molar-refractivity contribution in [2.75, 3.05) is 6.54 Å². The Labute approximate surface area is 160 Å². The maximum atomic E-state index is 13.2. The van der Waals surface area contributed by atoms with Gasteiger partial charge in [-0.1, -0.05) is 30.3 Å². The molecule has 0 aromatic heterocycles. The minimum absolute atomic E-state index is 0.0122. The number of hydrogen-bond acceptors (Lipinski definition) is 5. The molecule has 2 aromatic carbocycles. The summed E-state index contributed by atoms with van der Waals surface area (Å²) in [6.45, 7) is 0.0122. The molecule has 2 aromatic rings. The van der Waals surface area contributed by atoms with Crippen LogP contribution in [0, 0.1) is 5.82 Å². The van der Waals surface area contributed by atoms with E-state index in [4.69, 9.17) is 0 Å². The summed E-state index contributed by atoms with van der Waals surface area (Å²) in [6.07, 6.45) is -0.155. The lowest BCUT2D eigenvalue weighted by Crippen LogP contribution is -2.32. The topological polar surface area (TPSA) is 97.7 Å². The number of aliphatic hydroxyl groups excluding tert-OH is 1. The second-order valence-corrected chi connectivity index (χ2v) is 6.39. The first-order valence-electron chi connectivity index (χ1n) is 8.69. The summed E-state index contributed by atoms with van der Waals surface area (Å²) in [4.78, 5) is 37.2. The van der Waals surface area contributed by atoms with Crippen LogP contribution in [-0.2, 0) is 14.4 Å². The van der Waals surface area contributed by atoms with E-state index in [0.29, 0.717) is 5.56 Å². The molecule has 1 heterocycles. The molecule has 0 bridgehead atoms. The summed E-state index contributed by atoms with van der Waals surface area (Å²) in [7, 11) is 0. The molecule has 0 radical (unpaired) electrons. The number of nitrogens with zero attached hydrogens (tertiary/aromatic N) is 1. The van der Waals surface area contributed by atoms with Crippen molar-refractivity contribution in [3.63, 3.8) is 0 Å². The lowest BCUT2D eigenvalue weighted by molar-refractivity contribution is -0.305. The van der Waals surface area contributed by atoms with Crippen molar-refractivity contribution in [2.45, 2.75) is 18.9 Å². The fourth-order valence-electron chi connectivity index (χ4n) is 3.25. The Kier molecular flexibility index (Phi) is 5.54. The Morgan fingerprint density at radius 1 is 1.07 bits per heavy atom. The van der Waals surface area contributed by atoms with E-state index in [-0.39, 0.29) is 30.5 Å². The number of likely N-dealkylation sites (tertiary alicyclic amines) is 1. The highest BCUT2D eigenvalue weighted by Gasteiger charge is 2.45. The smallest absolute Gasteiger partial charge is 0.295 e. The number of halogens is 1.